The van der Waals surface area contributed by atoms with E-state index in [0.29, 0.717) is 12.0 Å². The van der Waals surface area contributed by atoms with Crippen LogP contribution in [0.1, 0.15) is 57.8 Å². The van der Waals surface area contributed by atoms with E-state index < -0.39 is 0 Å². The predicted molar refractivity (Wildman–Crippen MR) is 90.9 cm³/mol. The maximum Gasteiger partial charge on any atom is 0.227 e. The fraction of sp³-hybridized carbons (Fsp3) is 0.579. The maximum atomic E-state index is 12.2. The number of unbranched alkanes of at least 4 members (excludes halogenated alkanes) is 7. The molecule has 0 N–H and O–H groups in total. The summed E-state index contributed by atoms with van der Waals surface area (Å²) in [5.41, 5.74) is 0.447. The molecule has 0 radical (unpaired) electrons. The molecule has 0 atom stereocenters. The van der Waals surface area contributed by atoms with Gasteiger partial charge < -0.3 is 9.47 Å². The third-order valence-electron chi connectivity index (χ3n) is 4.02. The molecule has 0 aliphatic heterocycles. The number of hydrogen-bond donors (Lipinski definition) is 0. The highest BCUT2D eigenvalue weighted by Gasteiger charge is 2.29. The van der Waals surface area contributed by atoms with Crippen LogP contribution in [0.3, 0.4) is 0 Å². The molecule has 4 nitrogen and oxygen atoms in total. The minimum absolute atomic E-state index is 0.105. The highest BCUT2D eigenvalue weighted by Crippen LogP contribution is 2.25. The molecule has 0 amide bonds. The molecule has 4 heteroatoms. The first-order chi connectivity index (χ1) is 11.2. The Labute approximate surface area is 139 Å². The zero-order valence-electron chi connectivity index (χ0n) is 14.4. The van der Waals surface area contributed by atoms with Gasteiger partial charge in [0.05, 0.1) is 14.2 Å². The van der Waals surface area contributed by atoms with Crippen LogP contribution in [0.25, 0.3) is 0 Å². The van der Waals surface area contributed by atoms with Crippen molar-refractivity contribution in [2.75, 3.05) is 14.2 Å². The molecule has 0 saturated carbocycles. The van der Waals surface area contributed by atoms with E-state index in [1.54, 1.807) is 0 Å². The van der Waals surface area contributed by atoms with Crippen molar-refractivity contribution in [2.24, 2.45) is 0 Å². The number of methoxy groups -OCH3 is 2. The first-order valence-corrected chi connectivity index (χ1v) is 8.38. The molecule has 0 aromatic rings. The van der Waals surface area contributed by atoms with Crippen LogP contribution >= 0.6 is 0 Å². The molecule has 0 spiro atoms. The molecule has 0 unspecified atom stereocenters. The Morgan fingerprint density at radius 1 is 0.957 bits per heavy atom. The molecule has 23 heavy (non-hydrogen) atoms. The smallest absolute Gasteiger partial charge is 0.227 e. The molecule has 0 fully saturated rings. The number of ether oxygens (including phenoxy) is 2. The lowest BCUT2D eigenvalue weighted by atomic mass is 9.94. The number of rotatable bonds is 12. The van der Waals surface area contributed by atoms with Gasteiger partial charge in [-0.3, -0.25) is 9.59 Å². The summed E-state index contributed by atoms with van der Waals surface area (Å²) in [6.07, 6.45) is 12.8. The van der Waals surface area contributed by atoms with Gasteiger partial charge in [-0.15, -0.1) is 6.58 Å². The van der Waals surface area contributed by atoms with Crippen LogP contribution in [-0.4, -0.2) is 25.8 Å². The van der Waals surface area contributed by atoms with E-state index >= 15 is 0 Å². The van der Waals surface area contributed by atoms with Crippen molar-refractivity contribution in [2.45, 2.75) is 57.8 Å². The van der Waals surface area contributed by atoms with Gasteiger partial charge in [0.25, 0.3) is 0 Å². The van der Waals surface area contributed by atoms with E-state index in [4.69, 9.17) is 9.47 Å². The third kappa shape index (κ3) is 6.05. The van der Waals surface area contributed by atoms with Crippen LogP contribution in [0.4, 0.5) is 0 Å². The zero-order chi connectivity index (χ0) is 17.1. The molecule has 128 valence electrons. The summed E-state index contributed by atoms with van der Waals surface area (Å²) in [4.78, 5) is 24.2. The summed E-state index contributed by atoms with van der Waals surface area (Å²) in [6.45, 7) is 3.72. The highest BCUT2D eigenvalue weighted by atomic mass is 16.5. The van der Waals surface area contributed by atoms with E-state index in [1.165, 1.54) is 46.0 Å². The summed E-state index contributed by atoms with van der Waals surface area (Å²) in [5.74, 6) is -0.247. The van der Waals surface area contributed by atoms with E-state index in [9.17, 15) is 9.59 Å². The molecule has 1 aliphatic rings. The van der Waals surface area contributed by atoms with Gasteiger partial charge in [0.1, 0.15) is 0 Å². The van der Waals surface area contributed by atoms with Gasteiger partial charge in [-0.25, -0.2) is 0 Å². The van der Waals surface area contributed by atoms with E-state index in [1.807, 2.05) is 6.08 Å². The summed E-state index contributed by atoms with van der Waals surface area (Å²) < 4.78 is 10.1. The highest BCUT2D eigenvalue weighted by molar-refractivity contribution is 6.21. The van der Waals surface area contributed by atoms with Crippen LogP contribution in [0.2, 0.25) is 0 Å². The molecular formula is C19H28O4. The molecule has 0 heterocycles. The van der Waals surface area contributed by atoms with Gasteiger partial charge in [0.2, 0.25) is 11.6 Å². The Morgan fingerprint density at radius 3 is 2.13 bits per heavy atom. The second-order valence-corrected chi connectivity index (χ2v) is 5.72. The van der Waals surface area contributed by atoms with Gasteiger partial charge in [0.15, 0.2) is 11.5 Å². The minimum atomic E-state index is -0.291. The number of hydrogen-bond acceptors (Lipinski definition) is 4. The fourth-order valence-electron chi connectivity index (χ4n) is 2.73. The normalized spacial score (nSPS) is 14.8. The summed E-state index contributed by atoms with van der Waals surface area (Å²) >= 11 is 0. The van der Waals surface area contributed by atoms with Crippen molar-refractivity contribution in [1.82, 2.24) is 0 Å². The second kappa shape index (κ2) is 10.8. The standard InChI is InChI=1S/C19H28O4/c1-4-5-6-7-8-9-10-11-12-13-15-18(21)17(22-2)14-16(20)19(15)23-3/h4,14H,1,5-13H2,2-3H3. The number of Topliss-reactive ketones (excluding diaryl/α,β-unsaturated/α-hetero) is 1. The predicted octanol–water partition coefficient (Wildman–Crippen LogP) is 4.27. The number of carbonyl (C=O) groups is 2. The molecule has 0 aromatic heterocycles. The number of carbonyl (C=O) groups excluding carboxylic acids is 2. The Hall–Kier alpha value is -1.84. The molecule has 0 saturated heterocycles. The third-order valence-corrected chi connectivity index (χ3v) is 4.02. The van der Waals surface area contributed by atoms with Gasteiger partial charge >= 0.3 is 0 Å². The van der Waals surface area contributed by atoms with Crippen LogP contribution in [-0.2, 0) is 19.1 Å². The molecule has 1 rings (SSSR count). The molecule has 0 aromatic carbocycles. The fourth-order valence-corrected chi connectivity index (χ4v) is 2.73. The molecule has 0 bridgehead atoms. The topological polar surface area (TPSA) is 52.6 Å². The van der Waals surface area contributed by atoms with Gasteiger partial charge in [-0.1, -0.05) is 38.2 Å². The SMILES string of the molecule is C=CCCCCCCCCCC1=C(OC)C(=O)C=C(OC)C1=O. The number of allylic oxidation sites excluding steroid dienone is 3. The molecule has 1 aliphatic carbocycles. The lowest BCUT2D eigenvalue weighted by Gasteiger charge is -2.17. The summed E-state index contributed by atoms with van der Waals surface area (Å²) in [6, 6.07) is 0. The van der Waals surface area contributed by atoms with E-state index in [0.717, 1.165) is 25.7 Å². The zero-order valence-corrected chi connectivity index (χ0v) is 14.4. The second-order valence-electron chi connectivity index (χ2n) is 5.72. The van der Waals surface area contributed by atoms with Crippen LogP contribution in [0.5, 0.6) is 0 Å². The Balaban J connectivity index is 2.35. The van der Waals surface area contributed by atoms with E-state index in [2.05, 4.69) is 6.58 Å². The lowest BCUT2D eigenvalue weighted by molar-refractivity contribution is -0.120. The average Bonchev–Trinajstić information content (AvgIpc) is 2.55. The summed E-state index contributed by atoms with van der Waals surface area (Å²) in [5, 5.41) is 0. The number of ketones is 2. The van der Waals surface area contributed by atoms with Crippen LogP contribution < -0.4 is 0 Å². The lowest BCUT2D eigenvalue weighted by Crippen LogP contribution is -2.21. The Morgan fingerprint density at radius 2 is 1.57 bits per heavy atom. The van der Waals surface area contributed by atoms with Crippen LogP contribution in [0.15, 0.2) is 35.8 Å². The largest absolute Gasteiger partial charge is 0.493 e. The maximum absolute atomic E-state index is 12.2. The van der Waals surface area contributed by atoms with Crippen molar-refractivity contribution in [3.05, 3.63) is 35.8 Å². The molecular weight excluding hydrogens is 292 g/mol. The van der Waals surface area contributed by atoms with Gasteiger partial charge in [-0.05, 0) is 25.7 Å². The van der Waals surface area contributed by atoms with Crippen molar-refractivity contribution >= 4 is 11.6 Å². The first kappa shape index (κ1) is 19.2. The van der Waals surface area contributed by atoms with Crippen molar-refractivity contribution in [3.8, 4) is 0 Å². The van der Waals surface area contributed by atoms with Gasteiger partial charge in [0, 0.05) is 11.6 Å². The first-order valence-electron chi connectivity index (χ1n) is 8.38. The summed E-state index contributed by atoms with van der Waals surface area (Å²) in [7, 11) is 2.83. The van der Waals surface area contributed by atoms with E-state index in [-0.39, 0.29) is 23.1 Å². The minimum Gasteiger partial charge on any atom is -0.493 e. The Kier molecular flexibility index (Phi) is 9.03. The van der Waals surface area contributed by atoms with Crippen molar-refractivity contribution in [1.29, 1.82) is 0 Å². The average molecular weight is 320 g/mol. The van der Waals surface area contributed by atoms with Crippen molar-refractivity contribution < 1.29 is 19.1 Å². The quantitative estimate of drug-likeness (QED) is 0.306. The Bertz CT molecular complexity index is 486. The van der Waals surface area contributed by atoms with Gasteiger partial charge in [-0.2, -0.15) is 0 Å². The van der Waals surface area contributed by atoms with Crippen LogP contribution in [0, 0.1) is 0 Å². The monoisotopic (exact) mass is 320 g/mol. The van der Waals surface area contributed by atoms with Crippen molar-refractivity contribution in [3.63, 3.8) is 0 Å².